The third-order valence-corrected chi connectivity index (χ3v) is 4.60. The minimum absolute atomic E-state index is 0.0176. The molecule has 1 heterocycles. The summed E-state index contributed by atoms with van der Waals surface area (Å²) in [7, 11) is 0. The summed E-state index contributed by atoms with van der Waals surface area (Å²) in [6, 6.07) is 0. The third kappa shape index (κ3) is 2.40. The molecule has 110 valence electrons. The fourth-order valence-corrected chi connectivity index (χ4v) is 2.94. The molecule has 0 radical (unpaired) electrons. The number of rotatable bonds is 2. The zero-order valence-corrected chi connectivity index (χ0v) is 13.2. The van der Waals surface area contributed by atoms with Gasteiger partial charge in [0.05, 0.1) is 42.4 Å². The number of carboxylic acids is 2. The summed E-state index contributed by atoms with van der Waals surface area (Å²) < 4.78 is 0. The first-order chi connectivity index (χ1) is 9.68. The van der Waals surface area contributed by atoms with Crippen molar-refractivity contribution >= 4 is 69.2 Å². The Balaban J connectivity index is 3.21. The summed E-state index contributed by atoms with van der Waals surface area (Å²) in [5.41, 5.74) is -1.05. The summed E-state index contributed by atoms with van der Waals surface area (Å²) in [5.74, 6) is -2.93. The number of pyridine rings is 1. The molecule has 0 aliphatic carbocycles. The Kier molecular flexibility index (Phi) is 4.22. The van der Waals surface area contributed by atoms with Gasteiger partial charge in [-0.2, -0.15) is 0 Å². The lowest BCUT2D eigenvalue weighted by Gasteiger charge is -2.13. The number of nitrogens with zero attached hydrogens (tertiary/aromatic N) is 1. The van der Waals surface area contributed by atoms with Crippen LogP contribution >= 0.6 is 46.4 Å². The molecule has 2 N–H and O–H groups in total. The van der Waals surface area contributed by atoms with Crippen molar-refractivity contribution in [2.45, 2.75) is 6.92 Å². The summed E-state index contributed by atoms with van der Waals surface area (Å²) in [5, 5.41) is 17.8. The van der Waals surface area contributed by atoms with Crippen LogP contribution in [0.3, 0.4) is 0 Å². The first-order valence-electron chi connectivity index (χ1n) is 5.31. The zero-order valence-electron chi connectivity index (χ0n) is 10.2. The molecule has 0 saturated heterocycles. The van der Waals surface area contributed by atoms with E-state index in [2.05, 4.69) is 4.98 Å². The van der Waals surface area contributed by atoms with Crippen molar-refractivity contribution in [2.75, 3.05) is 0 Å². The van der Waals surface area contributed by atoms with E-state index in [0.717, 1.165) is 0 Å². The predicted octanol–water partition coefficient (Wildman–Crippen LogP) is 4.55. The van der Waals surface area contributed by atoms with E-state index < -0.39 is 23.1 Å². The maximum atomic E-state index is 11.5. The van der Waals surface area contributed by atoms with Crippen molar-refractivity contribution in [3.63, 3.8) is 0 Å². The van der Waals surface area contributed by atoms with Gasteiger partial charge in [0.25, 0.3) is 0 Å². The van der Waals surface area contributed by atoms with E-state index in [-0.39, 0.29) is 36.7 Å². The van der Waals surface area contributed by atoms with Crippen molar-refractivity contribution in [1.29, 1.82) is 0 Å². The Hall–Kier alpha value is -1.27. The second-order valence-electron chi connectivity index (χ2n) is 4.04. The number of fused-ring (bicyclic) bond motifs is 1. The minimum Gasteiger partial charge on any atom is -0.478 e. The van der Waals surface area contributed by atoms with Crippen molar-refractivity contribution < 1.29 is 19.8 Å². The van der Waals surface area contributed by atoms with Crippen molar-refractivity contribution in [3.05, 3.63) is 36.9 Å². The van der Waals surface area contributed by atoms with Crippen LogP contribution in [0.25, 0.3) is 10.9 Å². The molecule has 0 unspecified atom stereocenters. The Labute approximate surface area is 138 Å². The number of hydrogen-bond donors (Lipinski definition) is 2. The molecule has 0 fully saturated rings. The highest BCUT2D eigenvalue weighted by Gasteiger charge is 2.28. The first kappa shape index (κ1) is 16.1. The molecule has 0 bridgehead atoms. The fraction of sp³-hybridized carbons (Fsp3) is 0.0833. The summed E-state index contributed by atoms with van der Waals surface area (Å²) in [6.45, 7) is 1.35. The van der Waals surface area contributed by atoms with Crippen LogP contribution in [0.2, 0.25) is 20.1 Å². The van der Waals surface area contributed by atoms with Crippen LogP contribution in [0.1, 0.15) is 26.4 Å². The molecule has 2 aromatic rings. The van der Waals surface area contributed by atoms with Gasteiger partial charge >= 0.3 is 11.9 Å². The molecule has 21 heavy (non-hydrogen) atoms. The summed E-state index contributed by atoms with van der Waals surface area (Å²) in [4.78, 5) is 26.8. The Morgan fingerprint density at radius 3 is 1.81 bits per heavy atom. The van der Waals surface area contributed by atoms with Crippen LogP contribution in [-0.2, 0) is 0 Å². The van der Waals surface area contributed by atoms with Crippen molar-refractivity contribution in [2.24, 2.45) is 0 Å². The minimum atomic E-state index is -1.49. The number of benzene rings is 1. The number of aromatic nitrogens is 1. The molecule has 0 atom stereocenters. The molecule has 0 aliphatic heterocycles. The number of hydrogen-bond acceptors (Lipinski definition) is 3. The number of carbonyl (C=O) groups is 2. The quantitative estimate of drug-likeness (QED) is 0.599. The lowest BCUT2D eigenvalue weighted by molar-refractivity contribution is 0.0652. The van der Waals surface area contributed by atoms with E-state index in [4.69, 9.17) is 46.4 Å². The Morgan fingerprint density at radius 2 is 1.33 bits per heavy atom. The molecular weight excluding hydrogens is 364 g/mol. The topological polar surface area (TPSA) is 87.5 Å². The monoisotopic (exact) mass is 367 g/mol. The standard InChI is InChI=1S/C12H5Cl4NO4/c1-2-3(11(18)19)4(12(20)21)5-6(13)7(14)8(15)9(16)10(5)17-2/h1H3,(H,18,19)(H,20,21). The molecule has 0 spiro atoms. The van der Waals surface area contributed by atoms with Crippen LogP contribution < -0.4 is 0 Å². The Bertz CT molecular complexity index is 819. The van der Waals surface area contributed by atoms with Gasteiger partial charge in [0.1, 0.15) is 0 Å². The van der Waals surface area contributed by atoms with Crippen LogP contribution in [0.4, 0.5) is 0 Å². The second kappa shape index (κ2) is 5.50. The number of halogens is 4. The highest BCUT2D eigenvalue weighted by atomic mass is 35.5. The predicted molar refractivity (Wildman–Crippen MR) is 80.4 cm³/mol. The van der Waals surface area contributed by atoms with Gasteiger partial charge < -0.3 is 10.2 Å². The maximum absolute atomic E-state index is 11.5. The third-order valence-electron chi connectivity index (χ3n) is 2.81. The van der Waals surface area contributed by atoms with Crippen LogP contribution in [0, 0.1) is 6.92 Å². The average Bonchev–Trinajstić information content (AvgIpc) is 2.40. The molecule has 5 nitrogen and oxygen atoms in total. The average molecular weight is 369 g/mol. The smallest absolute Gasteiger partial charge is 0.338 e. The van der Waals surface area contributed by atoms with Gasteiger partial charge in [0.2, 0.25) is 0 Å². The lowest BCUT2D eigenvalue weighted by atomic mass is 10.0. The van der Waals surface area contributed by atoms with Crippen LogP contribution in [-0.4, -0.2) is 27.1 Å². The first-order valence-corrected chi connectivity index (χ1v) is 6.82. The highest BCUT2D eigenvalue weighted by molar-refractivity contribution is 6.55. The van der Waals surface area contributed by atoms with Gasteiger partial charge in [-0.15, -0.1) is 0 Å². The fourth-order valence-electron chi connectivity index (χ4n) is 1.96. The van der Waals surface area contributed by atoms with Crippen molar-refractivity contribution in [1.82, 2.24) is 4.98 Å². The van der Waals surface area contributed by atoms with E-state index in [9.17, 15) is 19.8 Å². The molecule has 0 aliphatic rings. The molecule has 0 amide bonds. The number of aromatic carboxylic acids is 2. The molecule has 1 aromatic carbocycles. The normalized spacial score (nSPS) is 10.9. The number of carboxylic acid groups (broad SMARTS) is 2. The maximum Gasteiger partial charge on any atom is 0.338 e. The van der Waals surface area contributed by atoms with Crippen LogP contribution in [0.5, 0.6) is 0 Å². The number of aryl methyl sites for hydroxylation is 1. The van der Waals surface area contributed by atoms with E-state index in [0.29, 0.717) is 0 Å². The lowest BCUT2D eigenvalue weighted by Crippen LogP contribution is -2.13. The van der Waals surface area contributed by atoms with Gasteiger partial charge in [-0.25, -0.2) is 9.59 Å². The molecular formula is C12H5Cl4NO4. The Morgan fingerprint density at radius 1 is 0.857 bits per heavy atom. The molecule has 9 heteroatoms. The van der Waals surface area contributed by atoms with Gasteiger partial charge in [-0.3, -0.25) is 4.98 Å². The van der Waals surface area contributed by atoms with E-state index in [1.54, 1.807) is 0 Å². The summed E-state index contributed by atoms with van der Waals surface area (Å²) >= 11 is 23.8. The van der Waals surface area contributed by atoms with Crippen molar-refractivity contribution in [3.8, 4) is 0 Å². The largest absolute Gasteiger partial charge is 0.478 e. The SMILES string of the molecule is Cc1nc2c(Cl)c(Cl)c(Cl)c(Cl)c2c(C(=O)O)c1C(=O)O. The van der Waals surface area contributed by atoms with Gasteiger partial charge in [-0.05, 0) is 6.92 Å². The summed E-state index contributed by atoms with van der Waals surface area (Å²) in [6.07, 6.45) is 0. The molecule has 1 aromatic heterocycles. The van der Waals surface area contributed by atoms with Gasteiger partial charge in [-0.1, -0.05) is 46.4 Å². The second-order valence-corrected chi connectivity index (χ2v) is 5.55. The van der Waals surface area contributed by atoms with E-state index in [1.165, 1.54) is 6.92 Å². The molecule has 2 rings (SSSR count). The van der Waals surface area contributed by atoms with Gasteiger partial charge in [0, 0.05) is 5.39 Å². The van der Waals surface area contributed by atoms with E-state index in [1.807, 2.05) is 0 Å². The molecule has 0 saturated carbocycles. The zero-order chi connectivity index (χ0) is 16.1. The van der Waals surface area contributed by atoms with Crippen LogP contribution in [0.15, 0.2) is 0 Å². The highest BCUT2D eigenvalue weighted by Crippen LogP contribution is 2.44. The van der Waals surface area contributed by atoms with E-state index >= 15 is 0 Å². The van der Waals surface area contributed by atoms with Gasteiger partial charge in [0.15, 0.2) is 0 Å².